The van der Waals surface area contributed by atoms with E-state index in [4.69, 9.17) is 0 Å². The molecule has 1 amide bonds. The summed E-state index contributed by atoms with van der Waals surface area (Å²) in [6.07, 6.45) is 6.17. The molecule has 24 heavy (non-hydrogen) atoms. The van der Waals surface area contributed by atoms with E-state index in [0.717, 1.165) is 28.7 Å². The molecule has 0 saturated carbocycles. The number of benzene rings is 1. The van der Waals surface area contributed by atoms with Crippen molar-refractivity contribution in [1.29, 1.82) is 0 Å². The minimum atomic E-state index is 0.0489. The van der Waals surface area contributed by atoms with Crippen LogP contribution < -0.4 is 5.32 Å². The highest BCUT2D eigenvalue weighted by atomic mass is 79.9. The molecule has 4 nitrogen and oxygen atoms in total. The van der Waals surface area contributed by atoms with Crippen LogP contribution >= 0.6 is 15.9 Å². The van der Waals surface area contributed by atoms with Crippen molar-refractivity contribution in [3.8, 4) is 0 Å². The van der Waals surface area contributed by atoms with Gasteiger partial charge in [0, 0.05) is 23.3 Å². The Balaban J connectivity index is 1.50. The highest BCUT2D eigenvalue weighted by Crippen LogP contribution is 2.12. The SMILES string of the molecule is CCc1ccc(CCC(=O)NCc2cn3cc(Br)ccc3n2)cc1. The Bertz CT molecular complexity index is 839. The third kappa shape index (κ3) is 4.23. The van der Waals surface area contributed by atoms with E-state index in [0.29, 0.717) is 13.0 Å². The molecule has 5 heteroatoms. The number of hydrogen-bond donors (Lipinski definition) is 1. The van der Waals surface area contributed by atoms with Gasteiger partial charge < -0.3 is 9.72 Å². The molecule has 0 aliphatic heterocycles. The van der Waals surface area contributed by atoms with Crippen LogP contribution in [0.1, 0.15) is 30.2 Å². The Morgan fingerprint density at radius 3 is 2.62 bits per heavy atom. The maximum atomic E-state index is 12.0. The molecule has 1 aromatic carbocycles. The number of amides is 1. The lowest BCUT2D eigenvalue weighted by Gasteiger charge is -2.04. The van der Waals surface area contributed by atoms with Crippen LogP contribution in [0.4, 0.5) is 0 Å². The van der Waals surface area contributed by atoms with E-state index in [1.54, 1.807) is 0 Å². The summed E-state index contributed by atoms with van der Waals surface area (Å²) in [6.45, 7) is 2.59. The van der Waals surface area contributed by atoms with Gasteiger partial charge in [0.25, 0.3) is 0 Å². The summed E-state index contributed by atoms with van der Waals surface area (Å²) in [5, 5.41) is 2.94. The van der Waals surface area contributed by atoms with E-state index < -0.39 is 0 Å². The number of rotatable bonds is 6. The lowest BCUT2D eigenvalue weighted by Crippen LogP contribution is -2.23. The zero-order valence-corrected chi connectivity index (χ0v) is 15.2. The van der Waals surface area contributed by atoms with Gasteiger partial charge in [-0.05, 0) is 52.0 Å². The Hall–Kier alpha value is -2.14. The molecule has 3 aromatic rings. The number of halogens is 1. The molecule has 124 valence electrons. The lowest BCUT2D eigenvalue weighted by molar-refractivity contribution is -0.121. The van der Waals surface area contributed by atoms with Gasteiger partial charge in [-0.3, -0.25) is 4.79 Å². The van der Waals surface area contributed by atoms with Crippen molar-refractivity contribution < 1.29 is 4.79 Å². The predicted octanol–water partition coefficient (Wildman–Crippen LogP) is 3.91. The molecule has 0 fully saturated rings. The molecule has 2 heterocycles. The van der Waals surface area contributed by atoms with Crippen molar-refractivity contribution in [1.82, 2.24) is 14.7 Å². The number of nitrogens with zero attached hydrogens (tertiary/aromatic N) is 2. The summed E-state index contributed by atoms with van der Waals surface area (Å²) in [6, 6.07) is 12.4. The van der Waals surface area contributed by atoms with Gasteiger partial charge >= 0.3 is 0 Å². The van der Waals surface area contributed by atoms with Crippen LogP contribution in [0.2, 0.25) is 0 Å². The van der Waals surface area contributed by atoms with Crippen molar-refractivity contribution in [2.75, 3.05) is 0 Å². The molecule has 0 unspecified atom stereocenters. The third-order valence-electron chi connectivity index (χ3n) is 4.00. The highest BCUT2D eigenvalue weighted by Gasteiger charge is 2.06. The molecule has 0 radical (unpaired) electrons. The first-order valence-corrected chi connectivity index (χ1v) is 8.91. The smallest absolute Gasteiger partial charge is 0.220 e. The number of carbonyl (C=O) groups excluding carboxylic acids is 1. The molecular formula is C19H20BrN3O. The topological polar surface area (TPSA) is 46.4 Å². The van der Waals surface area contributed by atoms with Crippen LogP contribution in [0.5, 0.6) is 0 Å². The number of fused-ring (bicyclic) bond motifs is 1. The molecule has 0 aliphatic carbocycles. The average Bonchev–Trinajstić information content (AvgIpc) is 3.00. The number of carbonyl (C=O) groups is 1. The van der Waals surface area contributed by atoms with E-state index in [-0.39, 0.29) is 5.91 Å². The van der Waals surface area contributed by atoms with Crippen molar-refractivity contribution in [3.63, 3.8) is 0 Å². The minimum Gasteiger partial charge on any atom is -0.350 e. The van der Waals surface area contributed by atoms with E-state index >= 15 is 0 Å². The van der Waals surface area contributed by atoms with Crippen LogP contribution in [-0.2, 0) is 24.2 Å². The third-order valence-corrected chi connectivity index (χ3v) is 4.47. The molecule has 0 saturated heterocycles. The lowest BCUT2D eigenvalue weighted by atomic mass is 10.1. The first kappa shape index (κ1) is 16.7. The van der Waals surface area contributed by atoms with Crippen LogP contribution in [-0.4, -0.2) is 15.3 Å². The summed E-state index contributed by atoms with van der Waals surface area (Å²) in [4.78, 5) is 16.5. The number of hydrogen-bond acceptors (Lipinski definition) is 2. The van der Waals surface area contributed by atoms with Crippen LogP contribution in [0.25, 0.3) is 5.65 Å². The number of aryl methyl sites for hydroxylation is 2. The van der Waals surface area contributed by atoms with Crippen LogP contribution in [0.3, 0.4) is 0 Å². The van der Waals surface area contributed by atoms with Crippen LogP contribution in [0.15, 0.2) is 53.3 Å². The number of imidazole rings is 1. The van der Waals surface area contributed by atoms with Crippen molar-refractivity contribution >= 4 is 27.5 Å². The number of nitrogens with one attached hydrogen (secondary N) is 1. The fourth-order valence-electron chi connectivity index (χ4n) is 2.58. The monoisotopic (exact) mass is 385 g/mol. The summed E-state index contributed by atoms with van der Waals surface area (Å²) in [5.41, 5.74) is 4.24. The van der Waals surface area contributed by atoms with Gasteiger partial charge in [-0.1, -0.05) is 31.2 Å². The highest BCUT2D eigenvalue weighted by molar-refractivity contribution is 9.10. The fourth-order valence-corrected chi connectivity index (χ4v) is 2.93. The quantitative estimate of drug-likeness (QED) is 0.698. The van der Waals surface area contributed by atoms with Gasteiger partial charge in [-0.15, -0.1) is 0 Å². The fraction of sp³-hybridized carbons (Fsp3) is 0.263. The second-order valence-electron chi connectivity index (χ2n) is 5.79. The Labute approximate surface area is 150 Å². The first-order valence-electron chi connectivity index (χ1n) is 8.11. The normalized spacial score (nSPS) is 10.9. The van der Waals surface area contributed by atoms with Crippen molar-refractivity contribution in [3.05, 3.63) is 70.1 Å². The van der Waals surface area contributed by atoms with Crippen LogP contribution in [0, 0.1) is 0 Å². The van der Waals surface area contributed by atoms with E-state index in [2.05, 4.69) is 57.4 Å². The summed E-state index contributed by atoms with van der Waals surface area (Å²) >= 11 is 3.44. The van der Waals surface area contributed by atoms with Gasteiger partial charge in [0.2, 0.25) is 5.91 Å². The Kier molecular flexibility index (Phi) is 5.30. The summed E-state index contributed by atoms with van der Waals surface area (Å²) < 4.78 is 2.94. The minimum absolute atomic E-state index is 0.0489. The van der Waals surface area contributed by atoms with Gasteiger partial charge in [-0.25, -0.2) is 4.98 Å². The second kappa shape index (κ2) is 7.62. The molecule has 1 N–H and O–H groups in total. The maximum Gasteiger partial charge on any atom is 0.220 e. The molecular weight excluding hydrogens is 366 g/mol. The molecule has 0 atom stereocenters. The zero-order valence-electron chi connectivity index (χ0n) is 13.6. The first-order chi connectivity index (χ1) is 11.6. The van der Waals surface area contributed by atoms with Gasteiger partial charge in [0.1, 0.15) is 5.65 Å². The maximum absolute atomic E-state index is 12.0. The standard InChI is InChI=1S/C19H20BrN3O/c1-2-14-3-5-15(6-4-14)7-10-19(24)21-11-17-13-23-12-16(20)8-9-18(23)22-17/h3-6,8-9,12-13H,2,7,10-11H2,1H3,(H,21,24). The largest absolute Gasteiger partial charge is 0.350 e. The van der Waals surface area contributed by atoms with E-state index in [1.165, 1.54) is 11.1 Å². The molecule has 3 rings (SSSR count). The van der Waals surface area contributed by atoms with Gasteiger partial charge in [0.05, 0.1) is 12.2 Å². The molecule has 0 bridgehead atoms. The van der Waals surface area contributed by atoms with Gasteiger partial charge in [-0.2, -0.15) is 0 Å². The number of pyridine rings is 1. The zero-order chi connectivity index (χ0) is 16.9. The van der Waals surface area contributed by atoms with Gasteiger partial charge in [0.15, 0.2) is 0 Å². The molecule has 0 aliphatic rings. The molecule has 0 spiro atoms. The summed E-state index contributed by atoms with van der Waals surface area (Å²) in [5.74, 6) is 0.0489. The molecule has 2 aromatic heterocycles. The van der Waals surface area contributed by atoms with E-state index in [1.807, 2.05) is 28.9 Å². The Morgan fingerprint density at radius 1 is 1.12 bits per heavy atom. The Morgan fingerprint density at radius 2 is 1.88 bits per heavy atom. The van der Waals surface area contributed by atoms with Crippen molar-refractivity contribution in [2.45, 2.75) is 32.7 Å². The number of aromatic nitrogens is 2. The predicted molar refractivity (Wildman–Crippen MR) is 98.9 cm³/mol. The van der Waals surface area contributed by atoms with Crippen molar-refractivity contribution in [2.24, 2.45) is 0 Å². The second-order valence-corrected chi connectivity index (χ2v) is 6.71. The van der Waals surface area contributed by atoms with E-state index in [9.17, 15) is 4.79 Å². The summed E-state index contributed by atoms with van der Waals surface area (Å²) in [7, 11) is 0. The average molecular weight is 386 g/mol.